The van der Waals surface area contributed by atoms with E-state index in [4.69, 9.17) is 4.74 Å². The highest BCUT2D eigenvalue weighted by molar-refractivity contribution is 5.96. The Balaban J connectivity index is 2.12. The van der Waals surface area contributed by atoms with Gasteiger partial charge < -0.3 is 25.6 Å². The summed E-state index contributed by atoms with van der Waals surface area (Å²) in [4.78, 5) is 70.4. The zero-order valence-corrected chi connectivity index (χ0v) is 27.4. The summed E-state index contributed by atoms with van der Waals surface area (Å²) in [6, 6.07) is 14.3. The number of cyclic esters (lactones) is 1. The quantitative estimate of drug-likeness (QED) is 0.389. The number of ether oxygens (including phenoxy) is 1. The number of hydrogen-bond acceptors (Lipinski definition) is 6. The minimum Gasteiger partial charge on any atom is -0.450 e. The molecule has 1 heterocycles. The lowest BCUT2D eigenvalue weighted by Crippen LogP contribution is -2.59. The summed E-state index contributed by atoms with van der Waals surface area (Å²) in [7, 11) is 1.54. The van der Waals surface area contributed by atoms with E-state index < -0.39 is 65.8 Å². The summed E-state index contributed by atoms with van der Waals surface area (Å²) < 4.78 is 5.79. The Morgan fingerprint density at radius 3 is 1.67 bits per heavy atom. The van der Waals surface area contributed by atoms with Crippen LogP contribution in [0.4, 0.5) is 0 Å². The highest BCUT2D eigenvalue weighted by atomic mass is 16.5. The van der Waals surface area contributed by atoms with Gasteiger partial charge in [0.1, 0.15) is 24.2 Å². The molecule has 244 valence electrons. The third-order valence-corrected chi connectivity index (χ3v) is 7.95. The maximum atomic E-state index is 14.0. The van der Waals surface area contributed by atoms with E-state index in [0.29, 0.717) is 6.42 Å². The van der Waals surface area contributed by atoms with Gasteiger partial charge in [-0.15, -0.1) is 0 Å². The molecule has 4 amide bonds. The average Bonchev–Trinajstić information content (AvgIpc) is 2.99. The molecule has 1 aliphatic rings. The molecular formula is C35H48N4O6. The molecule has 10 heteroatoms. The number of esters is 1. The lowest BCUT2D eigenvalue weighted by Gasteiger charge is -2.34. The number of hydrogen-bond donors (Lipinski definition) is 3. The minimum atomic E-state index is -1.22. The van der Waals surface area contributed by atoms with Crippen molar-refractivity contribution in [2.24, 2.45) is 17.8 Å². The first-order chi connectivity index (χ1) is 21.3. The third-order valence-electron chi connectivity index (χ3n) is 7.95. The second-order valence-electron chi connectivity index (χ2n) is 12.9. The Morgan fingerprint density at radius 2 is 1.18 bits per heavy atom. The van der Waals surface area contributed by atoms with Gasteiger partial charge in [-0.2, -0.15) is 0 Å². The molecule has 45 heavy (non-hydrogen) atoms. The number of nitrogens with one attached hydrogen (secondary N) is 3. The van der Waals surface area contributed by atoms with Crippen molar-refractivity contribution in [2.45, 2.75) is 91.1 Å². The summed E-state index contributed by atoms with van der Waals surface area (Å²) in [5.74, 6) is -3.66. The van der Waals surface area contributed by atoms with Gasteiger partial charge in [-0.05, 0) is 35.3 Å². The lowest BCUT2D eigenvalue weighted by atomic mass is 9.97. The molecular weight excluding hydrogens is 572 g/mol. The molecule has 0 radical (unpaired) electrons. The number of likely N-dealkylation sites (N-methyl/N-ethyl adjacent to an activating group) is 1. The largest absolute Gasteiger partial charge is 0.450 e. The molecule has 2 aromatic carbocycles. The maximum Gasteiger partial charge on any atom is 0.329 e. The van der Waals surface area contributed by atoms with Crippen molar-refractivity contribution in [3.05, 3.63) is 71.8 Å². The molecule has 0 aromatic heterocycles. The molecule has 3 N–H and O–H groups in total. The molecule has 0 spiro atoms. The zero-order chi connectivity index (χ0) is 33.3. The lowest BCUT2D eigenvalue weighted by molar-refractivity contribution is -0.162. The number of carbonyl (C=O) groups is 5. The van der Waals surface area contributed by atoms with Crippen molar-refractivity contribution in [1.82, 2.24) is 20.9 Å². The van der Waals surface area contributed by atoms with Crippen molar-refractivity contribution in [3.63, 3.8) is 0 Å². The maximum absolute atomic E-state index is 14.0. The van der Waals surface area contributed by atoms with Gasteiger partial charge in [0.15, 0.2) is 6.10 Å². The molecule has 0 bridgehead atoms. The number of rotatable bonds is 8. The SMILES string of the molecule is CC(C)C[C@H]1C(=O)N[C@@H](Cc2ccccc2)C(=O)N[C@@H](Cc2ccccc2)C(=O)O[C@@H](C(C)C)C(=O)N[C@@H](C(C)C)C(=O)N1C. The molecule has 5 atom stereocenters. The van der Waals surface area contributed by atoms with Gasteiger partial charge in [-0.1, -0.05) is 102 Å². The van der Waals surface area contributed by atoms with E-state index in [1.807, 2.05) is 74.5 Å². The van der Waals surface area contributed by atoms with Crippen molar-refractivity contribution in [2.75, 3.05) is 7.05 Å². The summed E-state index contributed by atoms with van der Waals surface area (Å²) >= 11 is 0. The van der Waals surface area contributed by atoms with E-state index >= 15 is 0 Å². The fraction of sp³-hybridized carbons (Fsp3) is 0.514. The first kappa shape index (κ1) is 35.3. The zero-order valence-electron chi connectivity index (χ0n) is 27.4. The van der Waals surface area contributed by atoms with E-state index in [1.54, 1.807) is 27.7 Å². The van der Waals surface area contributed by atoms with Crippen LogP contribution >= 0.6 is 0 Å². The molecule has 0 saturated carbocycles. The molecule has 0 unspecified atom stereocenters. The van der Waals surface area contributed by atoms with Crippen LogP contribution in [-0.2, 0) is 41.6 Å². The van der Waals surface area contributed by atoms with E-state index in [1.165, 1.54) is 11.9 Å². The van der Waals surface area contributed by atoms with E-state index in [9.17, 15) is 24.0 Å². The van der Waals surface area contributed by atoms with Crippen LogP contribution in [-0.4, -0.2) is 71.8 Å². The Morgan fingerprint density at radius 1 is 0.667 bits per heavy atom. The average molecular weight is 621 g/mol. The minimum absolute atomic E-state index is 0.0400. The first-order valence-electron chi connectivity index (χ1n) is 15.7. The second kappa shape index (κ2) is 16.2. The highest BCUT2D eigenvalue weighted by Crippen LogP contribution is 2.18. The predicted octanol–water partition coefficient (Wildman–Crippen LogP) is 3.04. The van der Waals surface area contributed by atoms with Crippen LogP contribution in [0.25, 0.3) is 0 Å². The monoisotopic (exact) mass is 620 g/mol. The fourth-order valence-corrected chi connectivity index (χ4v) is 5.35. The summed E-state index contributed by atoms with van der Waals surface area (Å²) in [5.41, 5.74) is 1.58. The van der Waals surface area contributed by atoms with Crippen LogP contribution in [0.2, 0.25) is 0 Å². The molecule has 0 aliphatic carbocycles. The highest BCUT2D eigenvalue weighted by Gasteiger charge is 2.39. The van der Waals surface area contributed by atoms with Gasteiger partial charge in [0.25, 0.3) is 5.91 Å². The normalized spacial score (nSPS) is 24.1. The second-order valence-corrected chi connectivity index (χ2v) is 12.9. The number of nitrogens with zero attached hydrogens (tertiary/aromatic N) is 1. The van der Waals surface area contributed by atoms with Gasteiger partial charge in [0.2, 0.25) is 17.7 Å². The summed E-state index contributed by atoms with van der Waals surface area (Å²) in [6.07, 6.45) is -0.626. The van der Waals surface area contributed by atoms with Crippen molar-refractivity contribution >= 4 is 29.6 Å². The van der Waals surface area contributed by atoms with Crippen molar-refractivity contribution in [3.8, 4) is 0 Å². The fourth-order valence-electron chi connectivity index (χ4n) is 5.35. The van der Waals surface area contributed by atoms with Crippen LogP contribution in [0, 0.1) is 17.8 Å². The van der Waals surface area contributed by atoms with Crippen LogP contribution in [0.1, 0.15) is 59.1 Å². The smallest absolute Gasteiger partial charge is 0.329 e. The van der Waals surface area contributed by atoms with Gasteiger partial charge in [-0.3, -0.25) is 19.2 Å². The van der Waals surface area contributed by atoms with Gasteiger partial charge in [0.05, 0.1) is 0 Å². The Kier molecular flexibility index (Phi) is 12.7. The number of carbonyl (C=O) groups excluding carboxylic acids is 5. The van der Waals surface area contributed by atoms with Gasteiger partial charge in [-0.25, -0.2) is 4.79 Å². The topological polar surface area (TPSA) is 134 Å². The van der Waals surface area contributed by atoms with Crippen LogP contribution in [0.15, 0.2) is 60.7 Å². The van der Waals surface area contributed by atoms with Gasteiger partial charge >= 0.3 is 5.97 Å². The number of amides is 4. The summed E-state index contributed by atoms with van der Waals surface area (Å²) in [6.45, 7) is 11.0. The van der Waals surface area contributed by atoms with Crippen molar-refractivity contribution in [1.29, 1.82) is 0 Å². The van der Waals surface area contributed by atoms with E-state index in [0.717, 1.165) is 11.1 Å². The molecule has 10 nitrogen and oxygen atoms in total. The number of benzene rings is 2. The molecule has 2 aromatic rings. The Bertz CT molecular complexity index is 1310. The van der Waals surface area contributed by atoms with Crippen LogP contribution < -0.4 is 16.0 Å². The van der Waals surface area contributed by atoms with E-state index in [2.05, 4.69) is 16.0 Å². The predicted molar refractivity (Wildman–Crippen MR) is 172 cm³/mol. The Hall–Kier alpha value is -4.21. The molecule has 1 saturated heterocycles. The third kappa shape index (κ3) is 9.89. The van der Waals surface area contributed by atoms with Crippen LogP contribution in [0.5, 0.6) is 0 Å². The van der Waals surface area contributed by atoms with Crippen LogP contribution in [0.3, 0.4) is 0 Å². The van der Waals surface area contributed by atoms with E-state index in [-0.39, 0.29) is 24.7 Å². The molecule has 3 rings (SSSR count). The molecule has 1 aliphatic heterocycles. The summed E-state index contributed by atoms with van der Waals surface area (Å²) in [5, 5.41) is 8.49. The standard InChI is InChI=1S/C35H48N4O6/c1-21(2)18-28-32(41)36-26(19-24-14-10-8-11-15-24)31(40)37-27(20-25-16-12-9-13-17-25)35(44)45-30(23(5)6)33(42)38-29(22(3)4)34(43)39(28)7/h8-17,21-23,26-30H,18-20H2,1-7H3,(H,36,41)(H,37,40)(H,38,42)/t26-,27-,28-,29-,30-/m0/s1. The van der Waals surface area contributed by atoms with Crippen molar-refractivity contribution < 1.29 is 28.7 Å². The van der Waals surface area contributed by atoms with Gasteiger partial charge in [0, 0.05) is 19.9 Å². The Labute approximate surface area is 266 Å². The first-order valence-corrected chi connectivity index (χ1v) is 15.7. The molecule has 1 fully saturated rings.